The van der Waals surface area contributed by atoms with E-state index in [-0.39, 0.29) is 30.0 Å². The summed E-state index contributed by atoms with van der Waals surface area (Å²) in [6.45, 7) is 3.14. The lowest BCUT2D eigenvalue weighted by Crippen LogP contribution is -2.44. The second kappa shape index (κ2) is 7.65. The summed E-state index contributed by atoms with van der Waals surface area (Å²) in [5.74, 6) is 1.15. The van der Waals surface area contributed by atoms with E-state index in [4.69, 9.17) is 0 Å². The normalized spacial score (nSPS) is 23.7. The molecular formula is C16H25N5O3S. The smallest absolute Gasteiger partial charge is 0.236 e. The maximum absolute atomic E-state index is 12.6. The molecule has 0 spiro atoms. The summed E-state index contributed by atoms with van der Waals surface area (Å²) < 4.78 is 23.2. The highest BCUT2D eigenvalue weighted by Gasteiger charge is 2.32. The zero-order valence-electron chi connectivity index (χ0n) is 14.5. The van der Waals surface area contributed by atoms with Gasteiger partial charge in [0.1, 0.15) is 0 Å². The molecule has 0 aliphatic carbocycles. The number of amides is 1. The fraction of sp³-hybridized carbons (Fsp3) is 0.688. The zero-order valence-corrected chi connectivity index (χ0v) is 15.4. The first-order valence-electron chi connectivity index (χ1n) is 8.65. The van der Waals surface area contributed by atoms with Crippen LogP contribution in [0.2, 0.25) is 0 Å². The molecule has 9 heteroatoms. The number of anilines is 1. The molecule has 3 heterocycles. The van der Waals surface area contributed by atoms with E-state index >= 15 is 0 Å². The van der Waals surface area contributed by atoms with Gasteiger partial charge in [0.2, 0.25) is 11.9 Å². The quantitative estimate of drug-likeness (QED) is 0.718. The number of hydrogen-bond donors (Lipinski definition) is 0. The Kier molecular flexibility index (Phi) is 5.53. The molecule has 1 aromatic heterocycles. The molecule has 2 fully saturated rings. The van der Waals surface area contributed by atoms with Crippen molar-refractivity contribution in [2.24, 2.45) is 0 Å². The monoisotopic (exact) mass is 367 g/mol. The minimum Gasteiger partial charge on any atom is -0.340 e. The summed E-state index contributed by atoms with van der Waals surface area (Å²) in [4.78, 5) is 27.0. The average molecular weight is 367 g/mol. The first-order valence-corrected chi connectivity index (χ1v) is 10.5. The molecule has 3 rings (SSSR count). The van der Waals surface area contributed by atoms with Crippen molar-refractivity contribution < 1.29 is 13.2 Å². The summed E-state index contributed by atoms with van der Waals surface area (Å²) in [5, 5.41) is 0. The third kappa shape index (κ3) is 4.66. The van der Waals surface area contributed by atoms with Gasteiger partial charge in [-0.25, -0.2) is 18.4 Å². The Morgan fingerprint density at radius 1 is 1.24 bits per heavy atom. The number of likely N-dealkylation sites (N-methyl/N-ethyl adjacent to an activating group) is 1. The van der Waals surface area contributed by atoms with Crippen molar-refractivity contribution >= 4 is 21.7 Å². The van der Waals surface area contributed by atoms with Crippen molar-refractivity contribution in [3.63, 3.8) is 0 Å². The van der Waals surface area contributed by atoms with Crippen LogP contribution in [-0.4, -0.2) is 91.4 Å². The minimum absolute atomic E-state index is 0.0462. The molecule has 1 unspecified atom stereocenters. The van der Waals surface area contributed by atoms with Gasteiger partial charge in [-0.05, 0) is 26.0 Å². The van der Waals surface area contributed by atoms with Crippen LogP contribution >= 0.6 is 0 Å². The van der Waals surface area contributed by atoms with E-state index in [9.17, 15) is 13.2 Å². The van der Waals surface area contributed by atoms with Gasteiger partial charge in [-0.15, -0.1) is 0 Å². The molecule has 138 valence electrons. The van der Waals surface area contributed by atoms with Crippen molar-refractivity contribution in [2.45, 2.75) is 18.9 Å². The van der Waals surface area contributed by atoms with Crippen LogP contribution in [0, 0.1) is 0 Å². The van der Waals surface area contributed by atoms with E-state index in [2.05, 4.69) is 14.9 Å². The molecule has 1 atom stereocenters. The van der Waals surface area contributed by atoms with Gasteiger partial charge in [0, 0.05) is 44.6 Å². The van der Waals surface area contributed by atoms with E-state index in [0.717, 1.165) is 13.0 Å². The van der Waals surface area contributed by atoms with E-state index in [1.165, 1.54) is 0 Å². The Balaban J connectivity index is 1.53. The van der Waals surface area contributed by atoms with Crippen molar-refractivity contribution in [1.29, 1.82) is 0 Å². The predicted octanol–water partition coefficient (Wildman–Crippen LogP) is -0.366. The first-order chi connectivity index (χ1) is 11.9. The summed E-state index contributed by atoms with van der Waals surface area (Å²) in [7, 11) is -1.09. The molecular weight excluding hydrogens is 342 g/mol. The molecule has 1 aromatic rings. The zero-order chi connectivity index (χ0) is 17.9. The van der Waals surface area contributed by atoms with Crippen LogP contribution in [-0.2, 0) is 14.6 Å². The molecule has 0 radical (unpaired) electrons. The van der Waals surface area contributed by atoms with Crippen LogP contribution in [0.1, 0.15) is 12.8 Å². The van der Waals surface area contributed by atoms with Gasteiger partial charge in [0.15, 0.2) is 9.84 Å². The van der Waals surface area contributed by atoms with Gasteiger partial charge in [0.05, 0.1) is 18.1 Å². The summed E-state index contributed by atoms with van der Waals surface area (Å²) in [6.07, 6.45) is 4.93. The number of carbonyl (C=O) groups excluding carboxylic acids is 1. The third-order valence-corrected chi connectivity index (χ3v) is 6.65. The van der Waals surface area contributed by atoms with Gasteiger partial charge in [-0.2, -0.15) is 0 Å². The van der Waals surface area contributed by atoms with Crippen molar-refractivity contribution in [2.75, 3.05) is 56.2 Å². The van der Waals surface area contributed by atoms with Crippen molar-refractivity contribution in [1.82, 2.24) is 19.8 Å². The number of sulfone groups is 1. The highest BCUT2D eigenvalue weighted by atomic mass is 32.2. The van der Waals surface area contributed by atoms with Crippen LogP contribution in [0.15, 0.2) is 18.5 Å². The number of hydrogen-bond acceptors (Lipinski definition) is 7. The standard InChI is InChI=1S/C16H25N5O3S/c1-19(14-4-11-25(23,24)13-14)12-15(22)20-7-3-8-21(10-9-20)16-17-5-2-6-18-16/h2,5-6,14H,3-4,7-13H2,1H3. The number of nitrogens with zero attached hydrogens (tertiary/aromatic N) is 5. The Labute approximate surface area is 148 Å². The van der Waals surface area contributed by atoms with Crippen LogP contribution in [0.25, 0.3) is 0 Å². The third-order valence-electron chi connectivity index (χ3n) is 4.90. The number of rotatable bonds is 4. The number of carbonyl (C=O) groups is 1. The number of aromatic nitrogens is 2. The van der Waals surface area contributed by atoms with Gasteiger partial charge in [-0.1, -0.05) is 0 Å². The molecule has 1 amide bonds. The molecule has 8 nitrogen and oxygen atoms in total. The van der Waals surface area contributed by atoms with E-state index < -0.39 is 9.84 Å². The highest BCUT2D eigenvalue weighted by molar-refractivity contribution is 7.91. The van der Waals surface area contributed by atoms with Crippen molar-refractivity contribution in [3.05, 3.63) is 18.5 Å². The van der Waals surface area contributed by atoms with Gasteiger partial charge >= 0.3 is 0 Å². The fourth-order valence-corrected chi connectivity index (χ4v) is 5.19. The Morgan fingerprint density at radius 2 is 2.00 bits per heavy atom. The predicted molar refractivity (Wildman–Crippen MR) is 95.1 cm³/mol. The molecule has 25 heavy (non-hydrogen) atoms. The van der Waals surface area contributed by atoms with Crippen LogP contribution in [0.4, 0.5) is 5.95 Å². The van der Waals surface area contributed by atoms with Crippen molar-refractivity contribution in [3.8, 4) is 0 Å². The van der Waals surface area contributed by atoms with Crippen LogP contribution in [0.3, 0.4) is 0 Å². The van der Waals surface area contributed by atoms with E-state index in [1.54, 1.807) is 18.5 Å². The van der Waals surface area contributed by atoms with E-state index in [0.29, 0.717) is 32.0 Å². The lowest BCUT2D eigenvalue weighted by molar-refractivity contribution is -0.132. The van der Waals surface area contributed by atoms with Gasteiger partial charge in [0.25, 0.3) is 0 Å². The molecule has 2 aliphatic heterocycles. The Bertz CT molecular complexity index is 697. The molecule has 2 aliphatic rings. The SMILES string of the molecule is CN(CC(=O)N1CCCN(c2ncccn2)CC1)C1CCS(=O)(=O)C1. The molecule has 0 saturated carbocycles. The maximum atomic E-state index is 12.6. The second-order valence-electron chi connectivity index (χ2n) is 6.74. The Hall–Kier alpha value is -1.74. The minimum atomic E-state index is -2.93. The highest BCUT2D eigenvalue weighted by Crippen LogP contribution is 2.17. The van der Waals surface area contributed by atoms with Crippen LogP contribution < -0.4 is 4.90 Å². The van der Waals surface area contributed by atoms with Gasteiger partial charge in [-0.3, -0.25) is 9.69 Å². The first kappa shape index (κ1) is 18.1. The second-order valence-corrected chi connectivity index (χ2v) is 8.97. The average Bonchev–Trinajstić information content (AvgIpc) is 2.82. The fourth-order valence-electron chi connectivity index (χ4n) is 3.39. The lowest BCUT2D eigenvalue weighted by atomic mass is 10.2. The largest absolute Gasteiger partial charge is 0.340 e. The summed E-state index contributed by atoms with van der Waals surface area (Å²) in [5.41, 5.74) is 0. The maximum Gasteiger partial charge on any atom is 0.236 e. The molecule has 0 aromatic carbocycles. The topological polar surface area (TPSA) is 86.7 Å². The van der Waals surface area contributed by atoms with E-state index in [1.807, 2.05) is 16.8 Å². The van der Waals surface area contributed by atoms with Gasteiger partial charge < -0.3 is 9.80 Å². The summed E-state index contributed by atoms with van der Waals surface area (Å²) >= 11 is 0. The Morgan fingerprint density at radius 3 is 2.68 bits per heavy atom. The molecule has 0 N–H and O–H groups in total. The molecule has 2 saturated heterocycles. The van der Waals surface area contributed by atoms with Crippen LogP contribution in [0.5, 0.6) is 0 Å². The molecule has 0 bridgehead atoms. The summed E-state index contributed by atoms with van der Waals surface area (Å²) in [6, 6.07) is 1.74. The lowest BCUT2D eigenvalue weighted by Gasteiger charge is -2.27.